The van der Waals surface area contributed by atoms with Crippen LogP contribution in [0.2, 0.25) is 0 Å². The molecule has 0 spiro atoms. The fourth-order valence-electron chi connectivity index (χ4n) is 1.91. The van der Waals surface area contributed by atoms with Crippen LogP contribution in [0.5, 0.6) is 0 Å². The predicted molar refractivity (Wildman–Crippen MR) is 72.4 cm³/mol. The Morgan fingerprint density at radius 2 is 1.72 bits per heavy atom. The Bertz CT molecular complexity index is 515. The molecule has 2 nitrogen and oxygen atoms in total. The second-order valence-corrected chi connectivity index (χ2v) is 4.08. The summed E-state index contributed by atoms with van der Waals surface area (Å²) in [7, 11) is 0. The summed E-state index contributed by atoms with van der Waals surface area (Å²) in [5.74, 6) is 0. The minimum Gasteiger partial charge on any atom is -0.396 e. The van der Waals surface area contributed by atoms with E-state index in [-0.39, 0.29) is 6.61 Å². The molecule has 0 saturated heterocycles. The van der Waals surface area contributed by atoms with Crippen molar-refractivity contribution in [1.82, 2.24) is 0 Å². The normalized spacial score (nSPS) is 10.3. The molecule has 91 valence electrons. The quantitative estimate of drug-likeness (QED) is 0.814. The van der Waals surface area contributed by atoms with Crippen molar-refractivity contribution in [2.45, 2.75) is 6.42 Å². The lowest BCUT2D eigenvalue weighted by Gasteiger charge is -2.06. The number of aldehydes is 1. The number of rotatable bonds is 5. The highest BCUT2D eigenvalue weighted by Crippen LogP contribution is 2.23. The first-order valence-corrected chi connectivity index (χ1v) is 5.91. The number of aliphatic hydroxyl groups is 1. The largest absolute Gasteiger partial charge is 0.396 e. The lowest BCUT2D eigenvalue weighted by Crippen LogP contribution is -1.91. The molecule has 0 bridgehead atoms. The van der Waals surface area contributed by atoms with Gasteiger partial charge in [0.1, 0.15) is 0 Å². The number of carbonyl (C=O) groups is 1. The Hall–Kier alpha value is -1.93. The highest BCUT2D eigenvalue weighted by molar-refractivity contribution is 5.87. The monoisotopic (exact) mass is 239 g/mol. The van der Waals surface area contributed by atoms with Crippen LogP contribution in [0.15, 0.2) is 48.5 Å². The first-order valence-electron chi connectivity index (χ1n) is 5.91. The van der Waals surface area contributed by atoms with Crippen LogP contribution in [0.3, 0.4) is 0 Å². The van der Waals surface area contributed by atoms with Gasteiger partial charge in [-0.1, -0.05) is 48.5 Å². The third-order valence-electron chi connectivity index (χ3n) is 2.86. The highest BCUT2D eigenvalue weighted by Gasteiger charge is 2.03. The van der Waals surface area contributed by atoms with Gasteiger partial charge in [0.25, 0.3) is 0 Å². The van der Waals surface area contributed by atoms with Gasteiger partial charge < -0.3 is 5.11 Å². The van der Waals surface area contributed by atoms with E-state index in [1.54, 1.807) is 0 Å². The molecule has 0 fully saturated rings. The van der Waals surface area contributed by atoms with Gasteiger partial charge in [-0.3, -0.25) is 4.79 Å². The van der Waals surface area contributed by atoms with E-state index in [2.05, 4.69) is 0 Å². The van der Waals surface area contributed by atoms with Crippen LogP contribution in [0.1, 0.15) is 15.9 Å². The van der Waals surface area contributed by atoms with E-state index in [4.69, 9.17) is 5.11 Å². The summed E-state index contributed by atoms with van der Waals surface area (Å²) in [5, 5.41) is 8.73. The molecule has 0 unspecified atom stereocenters. The van der Waals surface area contributed by atoms with Crippen molar-refractivity contribution in [2.75, 3.05) is 6.61 Å². The molecule has 1 N–H and O–H groups in total. The fourth-order valence-corrected chi connectivity index (χ4v) is 1.91. The van der Waals surface area contributed by atoms with Crippen molar-refractivity contribution in [3.05, 3.63) is 66.1 Å². The summed E-state index contributed by atoms with van der Waals surface area (Å²) < 4.78 is 0. The summed E-state index contributed by atoms with van der Waals surface area (Å²) in [6.45, 7) is 0.0930. The molecule has 2 rings (SSSR count). The van der Waals surface area contributed by atoms with Crippen molar-refractivity contribution in [3.8, 4) is 11.1 Å². The van der Waals surface area contributed by atoms with Crippen molar-refractivity contribution >= 4 is 6.29 Å². The number of hydrogen-bond acceptors (Lipinski definition) is 2. The summed E-state index contributed by atoms with van der Waals surface area (Å²) in [4.78, 5) is 11.0. The molecule has 0 amide bonds. The van der Waals surface area contributed by atoms with Gasteiger partial charge in [0.2, 0.25) is 0 Å². The van der Waals surface area contributed by atoms with Gasteiger partial charge in [0.05, 0.1) is 0 Å². The van der Waals surface area contributed by atoms with Gasteiger partial charge in [-0.15, -0.1) is 0 Å². The van der Waals surface area contributed by atoms with Crippen LogP contribution in [0, 0.1) is 6.42 Å². The van der Waals surface area contributed by atoms with Crippen molar-refractivity contribution < 1.29 is 9.90 Å². The summed E-state index contributed by atoms with van der Waals surface area (Å²) in [6.07, 6.45) is 3.45. The summed E-state index contributed by atoms with van der Waals surface area (Å²) in [6, 6.07) is 15.6. The zero-order chi connectivity index (χ0) is 12.8. The predicted octanol–water partition coefficient (Wildman–Crippen LogP) is 2.91. The molecule has 0 heterocycles. The molecule has 2 aromatic rings. The lowest BCUT2D eigenvalue weighted by molar-refractivity contribution is 0.112. The van der Waals surface area contributed by atoms with Crippen molar-refractivity contribution in [2.24, 2.45) is 0 Å². The van der Waals surface area contributed by atoms with E-state index in [1.807, 2.05) is 55.0 Å². The number of hydrogen-bond donors (Lipinski definition) is 1. The Kier molecular flexibility index (Phi) is 4.26. The maximum Gasteiger partial charge on any atom is 0.150 e. The summed E-state index contributed by atoms with van der Waals surface area (Å²) in [5.41, 5.74) is 3.83. The second-order valence-electron chi connectivity index (χ2n) is 4.08. The Labute approximate surface area is 107 Å². The smallest absolute Gasteiger partial charge is 0.150 e. The average molecular weight is 239 g/mol. The molecule has 1 radical (unpaired) electrons. The Morgan fingerprint density at radius 3 is 2.39 bits per heavy atom. The molecule has 0 aromatic heterocycles. The minimum absolute atomic E-state index is 0.0930. The number of benzene rings is 2. The van der Waals surface area contributed by atoms with Crippen LogP contribution in [0.25, 0.3) is 11.1 Å². The maximum atomic E-state index is 11.0. The molecule has 0 aliphatic carbocycles. The van der Waals surface area contributed by atoms with Crippen molar-refractivity contribution in [1.29, 1.82) is 0 Å². The minimum atomic E-state index is 0.0930. The molecule has 0 aliphatic heterocycles. The standard InChI is InChI=1S/C16H15O2/c17-11-3-4-13-7-9-14(10-8-13)16-6-2-1-5-15(16)12-18/h1-3,5-10,12,17H,4,11H2. The molecule has 0 aliphatic rings. The average Bonchev–Trinajstić information content (AvgIpc) is 2.45. The van der Waals surface area contributed by atoms with Crippen LogP contribution in [-0.4, -0.2) is 18.0 Å². The molecular weight excluding hydrogens is 224 g/mol. The van der Waals surface area contributed by atoms with E-state index in [0.717, 1.165) is 29.4 Å². The molecule has 0 saturated carbocycles. The molecular formula is C16H15O2. The zero-order valence-electron chi connectivity index (χ0n) is 10.0. The van der Waals surface area contributed by atoms with Crippen molar-refractivity contribution in [3.63, 3.8) is 0 Å². The first kappa shape index (κ1) is 12.5. The lowest BCUT2D eigenvalue weighted by atomic mass is 9.98. The molecule has 0 atom stereocenters. The molecule has 2 aromatic carbocycles. The maximum absolute atomic E-state index is 11.0. The van der Waals surface area contributed by atoms with E-state index in [0.29, 0.717) is 5.56 Å². The van der Waals surface area contributed by atoms with Crippen LogP contribution in [0.4, 0.5) is 0 Å². The van der Waals surface area contributed by atoms with Gasteiger partial charge in [-0.05, 0) is 29.5 Å². The van der Waals surface area contributed by atoms with Gasteiger partial charge in [0, 0.05) is 12.2 Å². The first-order chi connectivity index (χ1) is 8.85. The highest BCUT2D eigenvalue weighted by atomic mass is 16.2. The van der Waals surface area contributed by atoms with Gasteiger partial charge in [-0.2, -0.15) is 0 Å². The van der Waals surface area contributed by atoms with Crippen LogP contribution in [-0.2, 0) is 6.42 Å². The fraction of sp³-hybridized carbons (Fsp3) is 0.125. The Balaban J connectivity index is 2.26. The third kappa shape index (κ3) is 2.84. The van der Waals surface area contributed by atoms with Gasteiger partial charge in [-0.25, -0.2) is 0 Å². The van der Waals surface area contributed by atoms with E-state index in [1.165, 1.54) is 0 Å². The molecule has 2 heteroatoms. The van der Waals surface area contributed by atoms with Gasteiger partial charge in [0.15, 0.2) is 6.29 Å². The second kappa shape index (κ2) is 6.12. The van der Waals surface area contributed by atoms with Crippen LogP contribution >= 0.6 is 0 Å². The molecule has 18 heavy (non-hydrogen) atoms. The zero-order valence-corrected chi connectivity index (χ0v) is 10.0. The topological polar surface area (TPSA) is 37.3 Å². The Morgan fingerprint density at radius 1 is 1.00 bits per heavy atom. The van der Waals surface area contributed by atoms with E-state index < -0.39 is 0 Å². The summed E-state index contributed by atoms with van der Waals surface area (Å²) >= 11 is 0. The number of carbonyl (C=O) groups excluding carboxylic acids is 1. The van der Waals surface area contributed by atoms with Crippen LogP contribution < -0.4 is 0 Å². The SMILES string of the molecule is O=Cc1ccccc1-c1ccc(C[CH]CO)cc1. The number of aliphatic hydroxyl groups excluding tert-OH is 1. The van der Waals surface area contributed by atoms with Gasteiger partial charge >= 0.3 is 0 Å². The van der Waals surface area contributed by atoms with E-state index >= 15 is 0 Å². The third-order valence-corrected chi connectivity index (χ3v) is 2.86. The van der Waals surface area contributed by atoms with E-state index in [9.17, 15) is 4.79 Å².